The highest BCUT2D eigenvalue weighted by Gasteiger charge is 2.33. The van der Waals surface area contributed by atoms with Gasteiger partial charge in [-0.25, -0.2) is 4.79 Å². The first kappa shape index (κ1) is 19.6. The van der Waals surface area contributed by atoms with Crippen molar-refractivity contribution >= 4 is 40.1 Å². The largest absolute Gasteiger partial charge is 0.444 e. The molecule has 1 N–H and O–H groups in total. The summed E-state index contributed by atoms with van der Waals surface area (Å²) in [6.45, 7) is 6.28. The van der Waals surface area contributed by atoms with E-state index in [1.165, 1.54) is 11.3 Å². The second kappa shape index (κ2) is 7.82. The SMILES string of the molecule is CC(C)(C)OC(=O)N1CCC(C(=O)Nc2nnc(-c3cccc(Cl)c3)s2)C1. The number of nitrogens with one attached hydrogen (secondary N) is 1. The average molecular weight is 409 g/mol. The van der Waals surface area contributed by atoms with Crippen LogP contribution < -0.4 is 5.32 Å². The van der Waals surface area contributed by atoms with E-state index in [9.17, 15) is 9.59 Å². The van der Waals surface area contributed by atoms with Crippen molar-refractivity contribution < 1.29 is 14.3 Å². The molecule has 0 radical (unpaired) electrons. The molecule has 1 atom stereocenters. The Bertz CT molecular complexity index is 849. The molecule has 1 fully saturated rings. The summed E-state index contributed by atoms with van der Waals surface area (Å²) in [5, 5.41) is 12.6. The third-order valence-corrected chi connectivity index (χ3v) is 5.06. The van der Waals surface area contributed by atoms with Crippen LogP contribution in [0.1, 0.15) is 27.2 Å². The predicted molar refractivity (Wildman–Crippen MR) is 105 cm³/mol. The summed E-state index contributed by atoms with van der Waals surface area (Å²) in [6, 6.07) is 7.30. The number of ether oxygens (including phenoxy) is 1. The number of hydrogen-bond donors (Lipinski definition) is 1. The lowest BCUT2D eigenvalue weighted by molar-refractivity contribution is -0.119. The summed E-state index contributed by atoms with van der Waals surface area (Å²) in [5.41, 5.74) is 0.290. The van der Waals surface area contributed by atoms with E-state index < -0.39 is 11.7 Å². The van der Waals surface area contributed by atoms with Crippen molar-refractivity contribution in [1.82, 2.24) is 15.1 Å². The van der Waals surface area contributed by atoms with Gasteiger partial charge in [-0.3, -0.25) is 4.79 Å². The third-order valence-electron chi connectivity index (χ3n) is 3.94. The average Bonchev–Trinajstić information content (AvgIpc) is 3.22. The van der Waals surface area contributed by atoms with Gasteiger partial charge in [0.2, 0.25) is 11.0 Å². The molecule has 0 spiro atoms. The number of halogens is 1. The van der Waals surface area contributed by atoms with Gasteiger partial charge in [-0.15, -0.1) is 10.2 Å². The van der Waals surface area contributed by atoms with Crippen LogP contribution in [0.4, 0.5) is 9.93 Å². The van der Waals surface area contributed by atoms with Crippen LogP contribution in [0.5, 0.6) is 0 Å². The van der Waals surface area contributed by atoms with Gasteiger partial charge < -0.3 is 15.0 Å². The molecule has 0 aliphatic carbocycles. The van der Waals surface area contributed by atoms with Crippen LogP contribution in [-0.4, -0.2) is 45.8 Å². The minimum absolute atomic E-state index is 0.171. The highest BCUT2D eigenvalue weighted by Crippen LogP contribution is 2.29. The molecule has 27 heavy (non-hydrogen) atoms. The van der Waals surface area contributed by atoms with Gasteiger partial charge in [0.25, 0.3) is 0 Å². The van der Waals surface area contributed by atoms with Crippen molar-refractivity contribution in [3.8, 4) is 10.6 Å². The standard InChI is InChI=1S/C18H21ClN4O3S/c1-18(2,3)26-17(25)23-8-7-12(10-23)14(24)20-16-22-21-15(27-16)11-5-4-6-13(19)9-11/h4-6,9,12H,7-8,10H2,1-3H3,(H,20,22,24). The number of likely N-dealkylation sites (tertiary alicyclic amines) is 1. The Hall–Kier alpha value is -2.19. The second-order valence-corrected chi connectivity index (χ2v) is 8.74. The lowest BCUT2D eigenvalue weighted by Crippen LogP contribution is -2.36. The van der Waals surface area contributed by atoms with E-state index in [0.29, 0.717) is 34.7 Å². The summed E-state index contributed by atoms with van der Waals surface area (Å²) in [5.74, 6) is -0.467. The number of hydrogen-bond acceptors (Lipinski definition) is 6. The van der Waals surface area contributed by atoms with Gasteiger partial charge in [-0.05, 0) is 39.3 Å². The second-order valence-electron chi connectivity index (χ2n) is 7.32. The number of amides is 2. The van der Waals surface area contributed by atoms with E-state index in [-0.39, 0.29) is 11.8 Å². The number of benzene rings is 1. The zero-order valence-corrected chi connectivity index (χ0v) is 16.9. The molecule has 1 aliphatic rings. The van der Waals surface area contributed by atoms with Crippen LogP contribution in [0.2, 0.25) is 5.02 Å². The highest BCUT2D eigenvalue weighted by atomic mass is 35.5. The molecule has 2 aromatic rings. The van der Waals surface area contributed by atoms with Crippen LogP contribution in [0.15, 0.2) is 24.3 Å². The van der Waals surface area contributed by atoms with Crippen molar-refractivity contribution in [2.45, 2.75) is 32.8 Å². The topological polar surface area (TPSA) is 84.4 Å². The van der Waals surface area contributed by atoms with E-state index in [0.717, 1.165) is 5.56 Å². The molecule has 1 saturated heterocycles. The van der Waals surface area contributed by atoms with Gasteiger partial charge in [-0.1, -0.05) is 35.1 Å². The first-order valence-corrected chi connectivity index (χ1v) is 9.79. The van der Waals surface area contributed by atoms with Crippen molar-refractivity contribution in [2.24, 2.45) is 5.92 Å². The molecular formula is C18H21ClN4O3S. The maximum absolute atomic E-state index is 12.5. The fourth-order valence-electron chi connectivity index (χ4n) is 2.69. The fraction of sp³-hybridized carbons (Fsp3) is 0.444. The summed E-state index contributed by atoms with van der Waals surface area (Å²) >= 11 is 7.27. The number of carbonyl (C=O) groups excluding carboxylic acids is 2. The Morgan fingerprint density at radius 2 is 2.11 bits per heavy atom. The zero-order chi connectivity index (χ0) is 19.6. The number of aromatic nitrogens is 2. The summed E-state index contributed by atoms with van der Waals surface area (Å²) in [6.07, 6.45) is 0.197. The smallest absolute Gasteiger partial charge is 0.410 e. The molecule has 3 rings (SSSR count). The summed E-state index contributed by atoms with van der Waals surface area (Å²) in [7, 11) is 0. The van der Waals surface area contributed by atoms with Crippen molar-refractivity contribution in [3.05, 3.63) is 29.3 Å². The van der Waals surface area contributed by atoms with Crippen molar-refractivity contribution in [1.29, 1.82) is 0 Å². The molecule has 0 saturated carbocycles. The number of anilines is 1. The van der Waals surface area contributed by atoms with Crippen molar-refractivity contribution in [3.63, 3.8) is 0 Å². The number of rotatable bonds is 3. The molecule has 1 aromatic heterocycles. The van der Waals surface area contributed by atoms with Crippen LogP contribution >= 0.6 is 22.9 Å². The number of carbonyl (C=O) groups is 2. The first-order valence-electron chi connectivity index (χ1n) is 8.59. The van der Waals surface area contributed by atoms with E-state index in [4.69, 9.17) is 16.3 Å². The maximum Gasteiger partial charge on any atom is 0.410 e. The van der Waals surface area contributed by atoms with E-state index in [1.54, 1.807) is 17.0 Å². The van der Waals surface area contributed by atoms with E-state index in [1.807, 2.05) is 32.9 Å². The van der Waals surface area contributed by atoms with Gasteiger partial charge in [0.15, 0.2) is 0 Å². The Balaban J connectivity index is 1.58. The van der Waals surface area contributed by atoms with Crippen LogP contribution in [0.25, 0.3) is 10.6 Å². The minimum atomic E-state index is -0.555. The highest BCUT2D eigenvalue weighted by molar-refractivity contribution is 7.18. The summed E-state index contributed by atoms with van der Waals surface area (Å²) in [4.78, 5) is 26.2. The lowest BCUT2D eigenvalue weighted by Gasteiger charge is -2.24. The molecule has 7 nitrogen and oxygen atoms in total. The summed E-state index contributed by atoms with van der Waals surface area (Å²) < 4.78 is 5.35. The third kappa shape index (κ3) is 5.17. The Morgan fingerprint density at radius 3 is 2.81 bits per heavy atom. The van der Waals surface area contributed by atoms with E-state index >= 15 is 0 Å². The molecule has 2 amide bonds. The van der Waals surface area contributed by atoms with Gasteiger partial charge in [0.1, 0.15) is 10.6 Å². The molecule has 2 heterocycles. The maximum atomic E-state index is 12.5. The molecule has 144 valence electrons. The van der Waals surface area contributed by atoms with Gasteiger partial charge >= 0.3 is 6.09 Å². The van der Waals surface area contributed by atoms with E-state index in [2.05, 4.69) is 15.5 Å². The molecule has 1 unspecified atom stereocenters. The normalized spacial score (nSPS) is 17.0. The van der Waals surface area contributed by atoms with Gasteiger partial charge in [0, 0.05) is 23.7 Å². The molecule has 9 heteroatoms. The van der Waals surface area contributed by atoms with Crippen LogP contribution in [-0.2, 0) is 9.53 Å². The van der Waals surface area contributed by atoms with Gasteiger partial charge in [-0.2, -0.15) is 0 Å². The fourth-order valence-corrected chi connectivity index (χ4v) is 3.62. The van der Waals surface area contributed by atoms with Crippen LogP contribution in [0.3, 0.4) is 0 Å². The number of nitrogens with zero attached hydrogens (tertiary/aromatic N) is 3. The lowest BCUT2D eigenvalue weighted by atomic mass is 10.1. The molecule has 1 aliphatic heterocycles. The molecule has 1 aromatic carbocycles. The minimum Gasteiger partial charge on any atom is -0.444 e. The predicted octanol–water partition coefficient (Wildman–Crippen LogP) is 4.05. The Kier molecular flexibility index (Phi) is 5.67. The monoisotopic (exact) mass is 408 g/mol. The molecular weight excluding hydrogens is 388 g/mol. The van der Waals surface area contributed by atoms with Crippen LogP contribution in [0, 0.1) is 5.92 Å². The Morgan fingerprint density at radius 1 is 1.33 bits per heavy atom. The van der Waals surface area contributed by atoms with Crippen molar-refractivity contribution in [2.75, 3.05) is 18.4 Å². The first-order chi connectivity index (χ1) is 12.7. The Labute approximate surface area is 166 Å². The zero-order valence-electron chi connectivity index (χ0n) is 15.4. The quantitative estimate of drug-likeness (QED) is 0.827. The van der Waals surface area contributed by atoms with Gasteiger partial charge in [0.05, 0.1) is 5.92 Å². The molecule has 0 bridgehead atoms.